The van der Waals surface area contributed by atoms with Crippen molar-refractivity contribution in [3.63, 3.8) is 0 Å². The number of aromatic nitrogens is 2. The van der Waals surface area contributed by atoms with Crippen molar-refractivity contribution in [3.8, 4) is 0 Å². The maximum absolute atomic E-state index is 11.5. The van der Waals surface area contributed by atoms with Gasteiger partial charge in [-0.1, -0.05) is 36.9 Å². The molecule has 2 rings (SSSR count). The Morgan fingerprint density at radius 2 is 2.05 bits per heavy atom. The number of carbonyl (C=O) groups is 1. The highest BCUT2D eigenvalue weighted by molar-refractivity contribution is 5.86. The van der Waals surface area contributed by atoms with Crippen molar-refractivity contribution in [3.05, 3.63) is 65.8 Å². The number of rotatable bonds is 5. The van der Waals surface area contributed by atoms with E-state index in [1.165, 1.54) is 5.56 Å². The number of ether oxygens (including phenoxy) is 1. The van der Waals surface area contributed by atoms with Crippen molar-refractivity contribution in [1.82, 2.24) is 9.55 Å². The van der Waals surface area contributed by atoms with Crippen LogP contribution < -0.4 is 0 Å². The summed E-state index contributed by atoms with van der Waals surface area (Å²) in [6.07, 6.45) is 2.46. The van der Waals surface area contributed by atoms with Crippen LogP contribution in [0.4, 0.5) is 0 Å². The van der Waals surface area contributed by atoms with Gasteiger partial charge in [0.2, 0.25) is 0 Å². The van der Waals surface area contributed by atoms with E-state index in [0.29, 0.717) is 5.57 Å². The fraction of sp³-hybridized carbons (Fsp3) is 0.250. The number of hydrogen-bond acceptors (Lipinski definition) is 3. The van der Waals surface area contributed by atoms with Crippen LogP contribution in [0, 0.1) is 0 Å². The molecule has 0 fully saturated rings. The van der Waals surface area contributed by atoms with Gasteiger partial charge in [0.05, 0.1) is 17.7 Å². The number of hydrogen-bond donors (Lipinski definition) is 0. The van der Waals surface area contributed by atoms with Gasteiger partial charge in [0, 0.05) is 19.0 Å². The maximum Gasteiger partial charge on any atom is 0.333 e. The van der Waals surface area contributed by atoms with Crippen LogP contribution in [0.5, 0.6) is 0 Å². The van der Waals surface area contributed by atoms with Crippen LogP contribution in [0.15, 0.2) is 48.8 Å². The minimum absolute atomic E-state index is 0.213. The molecule has 1 aromatic heterocycles. The third-order valence-electron chi connectivity index (χ3n) is 3.05. The van der Waals surface area contributed by atoms with E-state index in [9.17, 15) is 4.79 Å². The molecule has 0 aliphatic rings. The number of carbonyl (C=O) groups excluding carboxylic acids is 1. The van der Waals surface area contributed by atoms with Crippen LogP contribution in [0.1, 0.15) is 23.9 Å². The molecule has 0 saturated carbocycles. The van der Waals surface area contributed by atoms with Gasteiger partial charge in [-0.05, 0) is 12.5 Å². The summed E-state index contributed by atoms with van der Waals surface area (Å²) in [7, 11) is 1.89. The fourth-order valence-electron chi connectivity index (χ4n) is 1.88. The van der Waals surface area contributed by atoms with Crippen LogP contribution >= 0.6 is 0 Å². The zero-order chi connectivity index (χ0) is 14.5. The number of benzene rings is 1. The summed E-state index contributed by atoms with van der Waals surface area (Å²) >= 11 is 0. The summed E-state index contributed by atoms with van der Waals surface area (Å²) in [6.45, 7) is 5.42. The molecule has 1 heterocycles. The molecule has 0 unspecified atom stereocenters. The highest BCUT2D eigenvalue weighted by Gasteiger charge is 2.12. The molecule has 0 N–H and O–H groups in total. The molecule has 4 heteroatoms. The molecule has 0 spiro atoms. The Morgan fingerprint density at radius 3 is 2.70 bits per heavy atom. The topological polar surface area (TPSA) is 44.1 Å². The summed E-state index contributed by atoms with van der Waals surface area (Å²) in [5.74, 6) is -0.378. The Morgan fingerprint density at radius 1 is 1.35 bits per heavy atom. The van der Waals surface area contributed by atoms with Gasteiger partial charge in [-0.2, -0.15) is 0 Å². The predicted octanol–water partition coefficient (Wildman–Crippen LogP) is 2.63. The average molecular weight is 270 g/mol. The second kappa shape index (κ2) is 6.19. The normalized spacial score (nSPS) is 10.3. The molecule has 0 aliphatic heterocycles. The van der Waals surface area contributed by atoms with Gasteiger partial charge >= 0.3 is 5.97 Å². The van der Waals surface area contributed by atoms with Gasteiger partial charge < -0.3 is 9.30 Å². The quantitative estimate of drug-likeness (QED) is 0.619. The van der Waals surface area contributed by atoms with Crippen LogP contribution in [-0.4, -0.2) is 15.5 Å². The molecule has 20 heavy (non-hydrogen) atoms. The highest BCUT2D eigenvalue weighted by Crippen LogP contribution is 2.14. The van der Waals surface area contributed by atoms with Crippen molar-refractivity contribution in [2.45, 2.75) is 20.0 Å². The molecule has 4 nitrogen and oxygen atoms in total. The molecule has 104 valence electrons. The minimum atomic E-state index is -0.378. The molecule has 0 radical (unpaired) electrons. The Kier molecular flexibility index (Phi) is 4.35. The highest BCUT2D eigenvalue weighted by atomic mass is 16.5. The summed E-state index contributed by atoms with van der Waals surface area (Å²) < 4.78 is 7.09. The smallest absolute Gasteiger partial charge is 0.333 e. The van der Waals surface area contributed by atoms with Crippen LogP contribution in [0.25, 0.3) is 0 Å². The largest absolute Gasteiger partial charge is 0.456 e. The van der Waals surface area contributed by atoms with Gasteiger partial charge in [0.1, 0.15) is 6.61 Å². The Balaban J connectivity index is 2.11. The number of esters is 1. The Labute approximate surface area is 118 Å². The van der Waals surface area contributed by atoms with Crippen LogP contribution in [-0.2, 0) is 29.6 Å². The maximum atomic E-state index is 11.5. The van der Waals surface area contributed by atoms with Gasteiger partial charge in [-0.3, -0.25) is 0 Å². The first-order valence-corrected chi connectivity index (χ1v) is 6.43. The van der Waals surface area contributed by atoms with E-state index < -0.39 is 0 Å². The Bertz CT molecular complexity index is 615. The molecular weight excluding hydrogens is 252 g/mol. The van der Waals surface area contributed by atoms with E-state index in [4.69, 9.17) is 4.74 Å². The molecule has 0 atom stereocenters. The zero-order valence-corrected chi connectivity index (χ0v) is 11.8. The summed E-state index contributed by atoms with van der Waals surface area (Å²) in [6, 6.07) is 10.1. The molecule has 0 aliphatic carbocycles. The third-order valence-corrected chi connectivity index (χ3v) is 3.05. The van der Waals surface area contributed by atoms with E-state index in [2.05, 4.69) is 23.7 Å². The van der Waals surface area contributed by atoms with E-state index in [1.807, 2.05) is 29.8 Å². The summed E-state index contributed by atoms with van der Waals surface area (Å²) in [5.41, 5.74) is 3.41. The number of nitrogens with zero attached hydrogens (tertiary/aromatic N) is 2. The predicted molar refractivity (Wildman–Crippen MR) is 77.1 cm³/mol. The first-order chi connectivity index (χ1) is 9.58. The van der Waals surface area contributed by atoms with Crippen molar-refractivity contribution < 1.29 is 9.53 Å². The Hall–Kier alpha value is -2.36. The molecule has 0 bridgehead atoms. The first kappa shape index (κ1) is 14.1. The van der Waals surface area contributed by atoms with E-state index >= 15 is 0 Å². The lowest BCUT2D eigenvalue weighted by Gasteiger charge is -2.08. The van der Waals surface area contributed by atoms with Gasteiger partial charge in [0.25, 0.3) is 0 Å². The van der Waals surface area contributed by atoms with E-state index in [1.54, 1.807) is 13.3 Å². The molecule has 1 aromatic carbocycles. The van der Waals surface area contributed by atoms with Crippen molar-refractivity contribution >= 4 is 5.97 Å². The van der Waals surface area contributed by atoms with Crippen molar-refractivity contribution in [2.75, 3.05) is 0 Å². The number of imidazole rings is 1. The fourth-order valence-corrected chi connectivity index (χ4v) is 1.88. The van der Waals surface area contributed by atoms with Gasteiger partial charge in [0.15, 0.2) is 0 Å². The monoisotopic (exact) mass is 270 g/mol. The summed E-state index contributed by atoms with van der Waals surface area (Å²) in [4.78, 5) is 15.9. The van der Waals surface area contributed by atoms with Crippen molar-refractivity contribution in [2.24, 2.45) is 7.05 Å². The number of aryl methyl sites for hydroxylation is 1. The SMILES string of the molecule is C=C(C)C(=O)OCc1c(Cc2ccccc2)ncn1C. The third kappa shape index (κ3) is 3.35. The second-order valence-corrected chi connectivity index (χ2v) is 4.77. The van der Waals surface area contributed by atoms with Crippen LogP contribution in [0.3, 0.4) is 0 Å². The first-order valence-electron chi connectivity index (χ1n) is 6.43. The van der Waals surface area contributed by atoms with Crippen molar-refractivity contribution in [1.29, 1.82) is 0 Å². The lowest BCUT2D eigenvalue weighted by Crippen LogP contribution is -2.09. The van der Waals surface area contributed by atoms with E-state index in [-0.39, 0.29) is 12.6 Å². The van der Waals surface area contributed by atoms with Crippen LogP contribution in [0.2, 0.25) is 0 Å². The average Bonchev–Trinajstić information content (AvgIpc) is 2.78. The van der Waals surface area contributed by atoms with E-state index in [0.717, 1.165) is 17.8 Å². The summed E-state index contributed by atoms with van der Waals surface area (Å²) in [5, 5.41) is 0. The molecule has 2 aromatic rings. The molecular formula is C16H18N2O2. The second-order valence-electron chi connectivity index (χ2n) is 4.77. The zero-order valence-electron chi connectivity index (χ0n) is 11.8. The minimum Gasteiger partial charge on any atom is -0.456 e. The lowest BCUT2D eigenvalue weighted by atomic mass is 10.1. The van der Waals surface area contributed by atoms with Gasteiger partial charge in [-0.15, -0.1) is 0 Å². The molecule has 0 amide bonds. The standard InChI is InChI=1S/C16H18N2O2/c1-12(2)16(19)20-10-15-14(17-11-18(15)3)9-13-7-5-4-6-8-13/h4-8,11H,1,9-10H2,2-3H3. The molecule has 0 saturated heterocycles. The van der Waals surface area contributed by atoms with Gasteiger partial charge in [-0.25, -0.2) is 9.78 Å². The lowest BCUT2D eigenvalue weighted by molar-refractivity contribution is -0.140.